The van der Waals surface area contributed by atoms with E-state index in [1.807, 2.05) is 0 Å². The summed E-state index contributed by atoms with van der Waals surface area (Å²) in [5, 5.41) is 0. The lowest BCUT2D eigenvalue weighted by Gasteiger charge is -2.18. The SMILES string of the molecule is CN1C[C@H]2C=CC1N2C. The van der Waals surface area contributed by atoms with E-state index >= 15 is 0 Å². The fraction of sp³-hybridized carbons (Fsp3) is 0.714. The van der Waals surface area contributed by atoms with E-state index in [1.54, 1.807) is 0 Å². The van der Waals surface area contributed by atoms with Gasteiger partial charge in [0.2, 0.25) is 0 Å². The van der Waals surface area contributed by atoms with E-state index in [9.17, 15) is 0 Å². The predicted molar refractivity (Wildman–Crippen MR) is 37.1 cm³/mol. The quantitative estimate of drug-likeness (QED) is 0.423. The van der Waals surface area contributed by atoms with Crippen molar-refractivity contribution in [3.05, 3.63) is 12.2 Å². The molecule has 0 radical (unpaired) electrons. The Balaban J connectivity index is 2.26. The molecule has 0 N–H and O–H groups in total. The van der Waals surface area contributed by atoms with Crippen LogP contribution in [0.3, 0.4) is 0 Å². The Kier molecular flexibility index (Phi) is 0.957. The van der Waals surface area contributed by atoms with Gasteiger partial charge in [0.1, 0.15) is 0 Å². The molecule has 9 heavy (non-hydrogen) atoms. The third-order valence-corrected chi connectivity index (χ3v) is 2.37. The van der Waals surface area contributed by atoms with Gasteiger partial charge in [-0.15, -0.1) is 0 Å². The van der Waals surface area contributed by atoms with Gasteiger partial charge in [-0.2, -0.15) is 0 Å². The molecular weight excluding hydrogens is 112 g/mol. The highest BCUT2D eigenvalue weighted by molar-refractivity contribution is 5.14. The summed E-state index contributed by atoms with van der Waals surface area (Å²) in [5.41, 5.74) is 0. The normalized spacial score (nSPS) is 42.9. The van der Waals surface area contributed by atoms with Crippen LogP contribution in [0, 0.1) is 0 Å². The van der Waals surface area contributed by atoms with E-state index in [4.69, 9.17) is 0 Å². The van der Waals surface area contributed by atoms with Gasteiger partial charge in [-0.25, -0.2) is 0 Å². The maximum atomic E-state index is 2.39. The Morgan fingerprint density at radius 3 is 2.33 bits per heavy atom. The van der Waals surface area contributed by atoms with Gasteiger partial charge in [0, 0.05) is 12.6 Å². The third-order valence-electron chi connectivity index (χ3n) is 2.37. The van der Waals surface area contributed by atoms with Crippen molar-refractivity contribution in [1.29, 1.82) is 0 Å². The zero-order valence-electron chi connectivity index (χ0n) is 5.91. The van der Waals surface area contributed by atoms with Crippen LogP contribution in [0.2, 0.25) is 0 Å². The number of fused-ring (bicyclic) bond motifs is 2. The van der Waals surface area contributed by atoms with Crippen LogP contribution in [0.25, 0.3) is 0 Å². The summed E-state index contributed by atoms with van der Waals surface area (Å²) >= 11 is 0. The fourth-order valence-electron chi connectivity index (χ4n) is 1.75. The molecule has 2 atom stereocenters. The van der Waals surface area contributed by atoms with Crippen LogP contribution in [0.4, 0.5) is 0 Å². The van der Waals surface area contributed by atoms with E-state index in [0.717, 1.165) is 0 Å². The van der Waals surface area contributed by atoms with E-state index in [-0.39, 0.29) is 0 Å². The largest absolute Gasteiger partial charge is 0.286 e. The van der Waals surface area contributed by atoms with Crippen LogP contribution in [0.5, 0.6) is 0 Å². The van der Waals surface area contributed by atoms with Crippen molar-refractivity contribution in [3.63, 3.8) is 0 Å². The minimum atomic E-state index is 0.593. The smallest absolute Gasteiger partial charge is 0.0816 e. The summed E-state index contributed by atoms with van der Waals surface area (Å²) in [6, 6.07) is 0.694. The first-order valence-electron chi connectivity index (χ1n) is 3.39. The van der Waals surface area contributed by atoms with Crippen molar-refractivity contribution >= 4 is 0 Å². The zero-order chi connectivity index (χ0) is 6.43. The molecule has 2 heteroatoms. The summed E-state index contributed by atoms with van der Waals surface area (Å²) in [5.74, 6) is 0. The fourth-order valence-corrected chi connectivity index (χ4v) is 1.75. The number of hydrogen-bond donors (Lipinski definition) is 0. The zero-order valence-corrected chi connectivity index (χ0v) is 5.91. The van der Waals surface area contributed by atoms with Gasteiger partial charge in [-0.05, 0) is 14.1 Å². The molecule has 0 amide bonds. The number of nitrogens with zero attached hydrogens (tertiary/aromatic N) is 2. The highest BCUT2D eigenvalue weighted by Crippen LogP contribution is 2.24. The van der Waals surface area contributed by atoms with Gasteiger partial charge in [-0.1, -0.05) is 12.2 Å². The van der Waals surface area contributed by atoms with Crippen LogP contribution in [-0.4, -0.2) is 42.6 Å². The summed E-state index contributed by atoms with van der Waals surface area (Å²) < 4.78 is 0. The van der Waals surface area contributed by atoms with Crippen LogP contribution < -0.4 is 0 Å². The molecule has 0 spiro atoms. The van der Waals surface area contributed by atoms with Crippen LogP contribution in [0.1, 0.15) is 0 Å². The molecule has 0 aromatic carbocycles. The molecule has 2 nitrogen and oxygen atoms in total. The maximum absolute atomic E-state index is 2.39. The average molecular weight is 124 g/mol. The molecule has 2 bridgehead atoms. The highest BCUT2D eigenvalue weighted by Gasteiger charge is 2.35. The second-order valence-electron chi connectivity index (χ2n) is 2.97. The van der Waals surface area contributed by atoms with Crippen molar-refractivity contribution in [3.8, 4) is 0 Å². The molecule has 0 aromatic heterocycles. The molecule has 0 aliphatic carbocycles. The minimum absolute atomic E-state index is 0.593. The maximum Gasteiger partial charge on any atom is 0.0816 e. The number of rotatable bonds is 0. The molecule has 50 valence electrons. The van der Waals surface area contributed by atoms with Crippen molar-refractivity contribution in [2.24, 2.45) is 0 Å². The number of hydrogen-bond acceptors (Lipinski definition) is 2. The molecule has 1 unspecified atom stereocenters. The van der Waals surface area contributed by atoms with Gasteiger partial charge >= 0.3 is 0 Å². The van der Waals surface area contributed by atoms with Crippen molar-refractivity contribution in [2.75, 3.05) is 20.6 Å². The molecule has 2 aliphatic rings. The average Bonchev–Trinajstić information content (AvgIpc) is 2.25. The summed E-state index contributed by atoms with van der Waals surface area (Å²) in [4.78, 5) is 4.75. The van der Waals surface area contributed by atoms with Crippen molar-refractivity contribution in [1.82, 2.24) is 9.80 Å². The van der Waals surface area contributed by atoms with Crippen molar-refractivity contribution < 1.29 is 0 Å². The van der Waals surface area contributed by atoms with E-state index < -0.39 is 0 Å². The van der Waals surface area contributed by atoms with Crippen molar-refractivity contribution in [2.45, 2.75) is 12.2 Å². The molecule has 1 saturated heterocycles. The lowest BCUT2D eigenvalue weighted by molar-refractivity contribution is 0.240. The topological polar surface area (TPSA) is 6.48 Å². The standard InChI is InChI=1S/C7H12N2/c1-8-5-6-3-4-7(8)9(6)2/h3-4,6-7H,5H2,1-2H3/t6-,7?/m1/s1. The van der Waals surface area contributed by atoms with E-state index in [2.05, 4.69) is 36.0 Å². The molecule has 1 fully saturated rings. The Morgan fingerprint density at radius 1 is 1.33 bits per heavy atom. The van der Waals surface area contributed by atoms with Crippen LogP contribution in [-0.2, 0) is 0 Å². The van der Waals surface area contributed by atoms with E-state index in [0.29, 0.717) is 12.2 Å². The summed E-state index contributed by atoms with van der Waals surface area (Å²) in [7, 11) is 4.35. The van der Waals surface area contributed by atoms with Crippen LogP contribution in [0.15, 0.2) is 12.2 Å². The lowest BCUT2D eigenvalue weighted by Crippen LogP contribution is -2.30. The summed E-state index contributed by atoms with van der Waals surface area (Å²) in [6.45, 7) is 1.21. The summed E-state index contributed by atoms with van der Waals surface area (Å²) in [6.07, 6.45) is 5.16. The lowest BCUT2D eigenvalue weighted by atomic mass is 10.3. The molecule has 0 saturated carbocycles. The van der Waals surface area contributed by atoms with Gasteiger partial charge < -0.3 is 0 Å². The Labute approximate surface area is 55.7 Å². The highest BCUT2D eigenvalue weighted by atomic mass is 15.4. The Hall–Kier alpha value is -0.340. The molecule has 2 heterocycles. The van der Waals surface area contributed by atoms with E-state index in [1.165, 1.54) is 6.54 Å². The molecule has 2 rings (SSSR count). The first kappa shape index (κ1) is 5.45. The predicted octanol–water partition coefficient (Wildman–Crippen LogP) is 0.128. The van der Waals surface area contributed by atoms with Crippen LogP contribution >= 0.6 is 0 Å². The Bertz CT molecular complexity index is 153. The monoisotopic (exact) mass is 124 g/mol. The third kappa shape index (κ3) is 0.575. The van der Waals surface area contributed by atoms with Gasteiger partial charge in [0.25, 0.3) is 0 Å². The first-order chi connectivity index (χ1) is 4.29. The molecular formula is C7H12N2. The Morgan fingerprint density at radius 2 is 2.11 bits per heavy atom. The first-order valence-corrected chi connectivity index (χ1v) is 3.39. The molecule has 0 aromatic rings. The second-order valence-corrected chi connectivity index (χ2v) is 2.97. The molecule has 2 aliphatic heterocycles. The number of likely N-dealkylation sites (N-methyl/N-ethyl adjacent to an activating group) is 2. The minimum Gasteiger partial charge on any atom is -0.286 e. The van der Waals surface area contributed by atoms with Gasteiger partial charge in [-0.3, -0.25) is 9.80 Å². The van der Waals surface area contributed by atoms with Gasteiger partial charge in [0.05, 0.1) is 6.17 Å². The second kappa shape index (κ2) is 1.58. The van der Waals surface area contributed by atoms with Gasteiger partial charge in [0.15, 0.2) is 0 Å².